The van der Waals surface area contributed by atoms with Crippen molar-refractivity contribution in [1.29, 1.82) is 0 Å². The molecule has 0 bridgehead atoms. The first-order valence-corrected chi connectivity index (χ1v) is 10.8. The molecule has 1 saturated heterocycles. The molecule has 1 N–H and O–H groups in total. The van der Waals surface area contributed by atoms with Crippen LogP contribution in [0.15, 0.2) is 42.5 Å². The van der Waals surface area contributed by atoms with Gasteiger partial charge in [-0.1, -0.05) is 30.3 Å². The lowest BCUT2D eigenvalue weighted by molar-refractivity contribution is -0.116. The SMILES string of the molecule is CCOc1cc(N2CCOCC2)c(OCC)cc1NC(=O)CCCc1ccccc1. The summed E-state index contributed by atoms with van der Waals surface area (Å²) in [5.41, 5.74) is 2.88. The number of hydrogen-bond acceptors (Lipinski definition) is 5. The van der Waals surface area contributed by atoms with E-state index in [9.17, 15) is 4.79 Å². The minimum atomic E-state index is -0.0199. The lowest BCUT2D eigenvalue weighted by Crippen LogP contribution is -2.36. The van der Waals surface area contributed by atoms with E-state index in [1.165, 1.54) is 5.56 Å². The third kappa shape index (κ3) is 6.13. The van der Waals surface area contributed by atoms with Gasteiger partial charge in [-0.2, -0.15) is 0 Å². The number of carbonyl (C=O) groups excluding carboxylic acids is 1. The molecule has 0 atom stereocenters. The lowest BCUT2D eigenvalue weighted by atomic mass is 10.1. The Balaban J connectivity index is 1.71. The molecule has 2 aromatic rings. The summed E-state index contributed by atoms with van der Waals surface area (Å²) >= 11 is 0. The second-order valence-electron chi connectivity index (χ2n) is 7.17. The number of morpholine rings is 1. The Labute approximate surface area is 179 Å². The fraction of sp³-hybridized carbons (Fsp3) is 0.458. The molecule has 0 aromatic heterocycles. The second kappa shape index (κ2) is 11.5. The highest BCUT2D eigenvalue weighted by Crippen LogP contribution is 2.39. The van der Waals surface area contributed by atoms with Crippen LogP contribution in [0.5, 0.6) is 11.5 Å². The minimum Gasteiger partial charge on any atom is -0.492 e. The van der Waals surface area contributed by atoms with Crippen LogP contribution in [0.4, 0.5) is 11.4 Å². The largest absolute Gasteiger partial charge is 0.492 e. The normalized spacial score (nSPS) is 13.7. The van der Waals surface area contributed by atoms with Crippen LogP contribution >= 0.6 is 0 Å². The predicted octanol–water partition coefficient (Wildman–Crippen LogP) is 4.28. The number of hydrogen-bond donors (Lipinski definition) is 1. The van der Waals surface area contributed by atoms with Crippen LogP contribution in [0, 0.1) is 0 Å². The van der Waals surface area contributed by atoms with Gasteiger partial charge in [0.1, 0.15) is 11.5 Å². The van der Waals surface area contributed by atoms with E-state index in [0.29, 0.717) is 44.3 Å². The van der Waals surface area contributed by atoms with E-state index in [0.717, 1.165) is 37.4 Å². The number of carbonyl (C=O) groups is 1. The summed E-state index contributed by atoms with van der Waals surface area (Å²) in [6, 6.07) is 14.1. The van der Waals surface area contributed by atoms with Gasteiger partial charge in [0.05, 0.1) is 37.8 Å². The molecule has 0 radical (unpaired) electrons. The van der Waals surface area contributed by atoms with Gasteiger partial charge in [-0.05, 0) is 32.3 Å². The highest BCUT2D eigenvalue weighted by molar-refractivity contribution is 5.93. The van der Waals surface area contributed by atoms with Gasteiger partial charge in [-0.15, -0.1) is 0 Å². The first kappa shape index (κ1) is 22.0. The van der Waals surface area contributed by atoms with Crippen LogP contribution in [-0.4, -0.2) is 45.4 Å². The van der Waals surface area contributed by atoms with E-state index < -0.39 is 0 Å². The fourth-order valence-corrected chi connectivity index (χ4v) is 3.55. The molecule has 6 nitrogen and oxygen atoms in total. The molecule has 1 heterocycles. The number of aryl methyl sites for hydroxylation is 1. The van der Waals surface area contributed by atoms with Crippen LogP contribution < -0.4 is 19.7 Å². The van der Waals surface area contributed by atoms with Crippen molar-refractivity contribution in [3.05, 3.63) is 48.0 Å². The molecule has 6 heteroatoms. The molecule has 3 rings (SSSR count). The van der Waals surface area contributed by atoms with Gasteiger partial charge in [-0.25, -0.2) is 0 Å². The van der Waals surface area contributed by atoms with Crippen molar-refractivity contribution in [2.24, 2.45) is 0 Å². The molecule has 0 spiro atoms. The van der Waals surface area contributed by atoms with Gasteiger partial charge in [0.2, 0.25) is 5.91 Å². The maximum absolute atomic E-state index is 12.6. The smallest absolute Gasteiger partial charge is 0.224 e. The monoisotopic (exact) mass is 412 g/mol. The van der Waals surface area contributed by atoms with E-state index in [4.69, 9.17) is 14.2 Å². The Kier molecular flexibility index (Phi) is 8.39. The van der Waals surface area contributed by atoms with Crippen LogP contribution in [0.2, 0.25) is 0 Å². The highest BCUT2D eigenvalue weighted by Gasteiger charge is 2.20. The number of nitrogens with one attached hydrogen (secondary N) is 1. The first-order valence-electron chi connectivity index (χ1n) is 10.8. The van der Waals surface area contributed by atoms with Gasteiger partial charge in [0, 0.05) is 31.6 Å². The maximum atomic E-state index is 12.6. The van der Waals surface area contributed by atoms with Crippen LogP contribution in [0.3, 0.4) is 0 Å². The van der Waals surface area contributed by atoms with E-state index >= 15 is 0 Å². The topological polar surface area (TPSA) is 60.0 Å². The molecule has 0 aliphatic carbocycles. The first-order chi connectivity index (χ1) is 14.7. The van der Waals surface area contributed by atoms with Crippen LogP contribution in [0.1, 0.15) is 32.3 Å². The van der Waals surface area contributed by atoms with Crippen molar-refractivity contribution < 1.29 is 19.0 Å². The van der Waals surface area contributed by atoms with E-state index in [2.05, 4.69) is 22.3 Å². The summed E-state index contributed by atoms with van der Waals surface area (Å²) in [7, 11) is 0. The number of rotatable bonds is 10. The Bertz CT molecular complexity index is 804. The zero-order valence-electron chi connectivity index (χ0n) is 18.0. The molecule has 1 fully saturated rings. The van der Waals surface area contributed by atoms with Gasteiger partial charge < -0.3 is 24.4 Å². The van der Waals surface area contributed by atoms with E-state index in [1.54, 1.807) is 0 Å². The third-order valence-electron chi connectivity index (χ3n) is 5.00. The molecule has 1 aliphatic heterocycles. The number of nitrogens with zero attached hydrogens (tertiary/aromatic N) is 1. The van der Waals surface area contributed by atoms with Crippen LogP contribution in [-0.2, 0) is 16.0 Å². The Hall–Kier alpha value is -2.73. The zero-order chi connectivity index (χ0) is 21.2. The van der Waals surface area contributed by atoms with Crippen molar-refractivity contribution in [2.45, 2.75) is 33.1 Å². The molecular weight excluding hydrogens is 380 g/mol. The summed E-state index contributed by atoms with van der Waals surface area (Å²) < 4.78 is 17.2. The van der Waals surface area contributed by atoms with E-state index in [-0.39, 0.29) is 5.91 Å². The average molecular weight is 413 g/mol. The van der Waals surface area contributed by atoms with E-state index in [1.807, 2.05) is 44.2 Å². The molecule has 1 amide bonds. The van der Waals surface area contributed by atoms with Crippen LogP contribution in [0.25, 0.3) is 0 Å². The number of ether oxygens (including phenoxy) is 3. The molecule has 2 aromatic carbocycles. The van der Waals surface area contributed by atoms with Crippen molar-refractivity contribution in [3.63, 3.8) is 0 Å². The predicted molar refractivity (Wildman–Crippen MR) is 120 cm³/mol. The van der Waals surface area contributed by atoms with Crippen molar-refractivity contribution >= 4 is 17.3 Å². The number of benzene rings is 2. The fourth-order valence-electron chi connectivity index (χ4n) is 3.55. The minimum absolute atomic E-state index is 0.0199. The third-order valence-corrected chi connectivity index (χ3v) is 5.00. The summed E-state index contributed by atoms with van der Waals surface area (Å²) in [6.45, 7) is 7.96. The van der Waals surface area contributed by atoms with Gasteiger partial charge in [-0.3, -0.25) is 4.79 Å². The summed E-state index contributed by atoms with van der Waals surface area (Å²) in [5, 5.41) is 3.02. The van der Waals surface area contributed by atoms with Crippen molar-refractivity contribution in [3.8, 4) is 11.5 Å². The molecule has 0 saturated carbocycles. The van der Waals surface area contributed by atoms with Gasteiger partial charge in [0.15, 0.2) is 0 Å². The molecule has 0 unspecified atom stereocenters. The quantitative estimate of drug-likeness (QED) is 0.631. The molecule has 162 valence electrons. The van der Waals surface area contributed by atoms with Crippen molar-refractivity contribution in [1.82, 2.24) is 0 Å². The average Bonchev–Trinajstić information content (AvgIpc) is 2.77. The Morgan fingerprint density at radius 3 is 2.43 bits per heavy atom. The second-order valence-corrected chi connectivity index (χ2v) is 7.17. The van der Waals surface area contributed by atoms with Gasteiger partial charge >= 0.3 is 0 Å². The summed E-state index contributed by atoms with van der Waals surface area (Å²) in [6.07, 6.45) is 2.13. The van der Waals surface area contributed by atoms with Gasteiger partial charge in [0.25, 0.3) is 0 Å². The standard InChI is InChI=1S/C24H32N2O4/c1-3-29-22-18-21(26-13-15-28-16-14-26)23(30-4-2)17-20(22)25-24(27)12-8-11-19-9-6-5-7-10-19/h5-7,9-10,17-18H,3-4,8,11-16H2,1-2H3,(H,25,27). The summed E-state index contributed by atoms with van der Waals surface area (Å²) in [5.74, 6) is 1.40. The lowest BCUT2D eigenvalue weighted by Gasteiger charge is -2.31. The maximum Gasteiger partial charge on any atom is 0.224 e. The zero-order valence-corrected chi connectivity index (χ0v) is 18.0. The highest BCUT2D eigenvalue weighted by atomic mass is 16.5. The number of anilines is 2. The Morgan fingerprint density at radius 1 is 1.03 bits per heavy atom. The number of amides is 1. The molecule has 1 aliphatic rings. The van der Waals surface area contributed by atoms with Crippen molar-refractivity contribution in [2.75, 3.05) is 49.7 Å². The Morgan fingerprint density at radius 2 is 1.73 bits per heavy atom. The molecule has 30 heavy (non-hydrogen) atoms. The molecular formula is C24H32N2O4. The summed E-state index contributed by atoms with van der Waals surface area (Å²) in [4.78, 5) is 14.8.